The van der Waals surface area contributed by atoms with Crippen LogP contribution in [0.5, 0.6) is 0 Å². The number of para-hydroxylation sites is 1. The fraction of sp³-hybridized carbons (Fsp3) is 0.176. The molecule has 0 aliphatic rings. The molecule has 0 bridgehead atoms. The SMILES string of the molecule is Cc1ccc(C(=O)O[C@@H](C)C(=O)Nc2ccccc2Cl)cc1F. The first-order valence-corrected chi connectivity index (χ1v) is 7.29. The van der Waals surface area contributed by atoms with E-state index in [0.29, 0.717) is 16.3 Å². The van der Waals surface area contributed by atoms with Gasteiger partial charge in [0.1, 0.15) is 5.82 Å². The van der Waals surface area contributed by atoms with E-state index in [4.69, 9.17) is 16.3 Å². The summed E-state index contributed by atoms with van der Waals surface area (Å²) in [6.45, 7) is 3.01. The van der Waals surface area contributed by atoms with E-state index >= 15 is 0 Å². The molecule has 0 spiro atoms. The number of hydrogen-bond acceptors (Lipinski definition) is 3. The maximum Gasteiger partial charge on any atom is 0.339 e. The molecular formula is C17H15ClFNO3. The minimum absolute atomic E-state index is 0.0468. The van der Waals surface area contributed by atoms with Gasteiger partial charge in [-0.1, -0.05) is 29.8 Å². The molecule has 0 radical (unpaired) electrons. The van der Waals surface area contributed by atoms with Crippen molar-refractivity contribution in [2.45, 2.75) is 20.0 Å². The van der Waals surface area contributed by atoms with Crippen LogP contribution in [0.4, 0.5) is 10.1 Å². The summed E-state index contributed by atoms with van der Waals surface area (Å²) in [6, 6.07) is 10.7. The van der Waals surface area contributed by atoms with E-state index in [2.05, 4.69) is 5.32 Å². The molecule has 0 aliphatic carbocycles. The molecule has 2 aromatic rings. The lowest BCUT2D eigenvalue weighted by Crippen LogP contribution is -2.30. The first kappa shape index (κ1) is 17.0. The number of hydrogen-bond donors (Lipinski definition) is 1. The van der Waals surface area contributed by atoms with Gasteiger partial charge < -0.3 is 10.1 Å². The van der Waals surface area contributed by atoms with Gasteiger partial charge in [-0.3, -0.25) is 4.79 Å². The monoisotopic (exact) mass is 335 g/mol. The predicted octanol–water partition coefficient (Wildman–Crippen LogP) is 3.97. The van der Waals surface area contributed by atoms with Gasteiger partial charge in [-0.05, 0) is 43.7 Å². The second-order valence-corrected chi connectivity index (χ2v) is 5.39. The van der Waals surface area contributed by atoms with Crippen LogP contribution in [0.25, 0.3) is 0 Å². The number of amides is 1. The van der Waals surface area contributed by atoms with E-state index in [0.717, 1.165) is 6.07 Å². The summed E-state index contributed by atoms with van der Waals surface area (Å²) in [5.41, 5.74) is 0.889. The summed E-state index contributed by atoms with van der Waals surface area (Å²) < 4.78 is 18.5. The van der Waals surface area contributed by atoms with Gasteiger partial charge in [-0.25, -0.2) is 9.18 Å². The first-order valence-electron chi connectivity index (χ1n) is 6.91. The van der Waals surface area contributed by atoms with Crippen molar-refractivity contribution in [3.8, 4) is 0 Å². The number of halogens is 2. The molecule has 0 heterocycles. The molecule has 0 fully saturated rings. The Labute approximate surface area is 138 Å². The van der Waals surface area contributed by atoms with Crippen molar-refractivity contribution in [3.63, 3.8) is 0 Å². The Morgan fingerprint density at radius 1 is 1.22 bits per heavy atom. The number of carbonyl (C=O) groups excluding carboxylic acids is 2. The highest BCUT2D eigenvalue weighted by atomic mass is 35.5. The summed E-state index contributed by atoms with van der Waals surface area (Å²) in [4.78, 5) is 24.0. The Bertz CT molecular complexity index is 748. The van der Waals surface area contributed by atoms with Crippen molar-refractivity contribution < 1.29 is 18.7 Å². The Balaban J connectivity index is 2.01. The number of esters is 1. The van der Waals surface area contributed by atoms with Crippen LogP contribution in [-0.4, -0.2) is 18.0 Å². The second kappa shape index (κ2) is 7.24. The van der Waals surface area contributed by atoms with Crippen LogP contribution in [0.2, 0.25) is 5.02 Å². The van der Waals surface area contributed by atoms with Gasteiger partial charge in [0.15, 0.2) is 6.10 Å². The number of benzene rings is 2. The minimum atomic E-state index is -1.05. The standard InChI is InChI=1S/C17H15ClFNO3/c1-10-7-8-12(9-14(10)19)17(22)23-11(2)16(21)20-15-6-4-3-5-13(15)18/h3-9,11H,1-2H3,(H,20,21)/t11-/m0/s1. The maximum atomic E-state index is 13.5. The lowest BCUT2D eigenvalue weighted by molar-refractivity contribution is -0.123. The molecule has 23 heavy (non-hydrogen) atoms. The van der Waals surface area contributed by atoms with E-state index in [1.807, 2.05) is 0 Å². The molecule has 2 aromatic carbocycles. The highest BCUT2D eigenvalue weighted by Crippen LogP contribution is 2.21. The van der Waals surface area contributed by atoms with Crippen LogP contribution in [0, 0.1) is 12.7 Å². The molecule has 2 rings (SSSR count). The van der Waals surface area contributed by atoms with Crippen LogP contribution in [0.15, 0.2) is 42.5 Å². The van der Waals surface area contributed by atoms with Crippen LogP contribution in [0.3, 0.4) is 0 Å². The summed E-state index contributed by atoms with van der Waals surface area (Å²) in [5, 5.41) is 2.94. The Kier molecular flexibility index (Phi) is 5.34. The van der Waals surface area contributed by atoms with Gasteiger partial charge in [0, 0.05) is 0 Å². The third-order valence-corrected chi connectivity index (χ3v) is 3.52. The first-order chi connectivity index (χ1) is 10.9. The largest absolute Gasteiger partial charge is 0.449 e. The van der Waals surface area contributed by atoms with Gasteiger partial charge in [0.2, 0.25) is 0 Å². The average molecular weight is 336 g/mol. The smallest absolute Gasteiger partial charge is 0.339 e. The lowest BCUT2D eigenvalue weighted by Gasteiger charge is -2.14. The molecule has 1 atom stereocenters. The molecule has 120 valence electrons. The summed E-state index contributed by atoms with van der Waals surface area (Å²) in [6.07, 6.45) is -1.05. The fourth-order valence-corrected chi connectivity index (χ4v) is 1.98. The Morgan fingerprint density at radius 2 is 1.91 bits per heavy atom. The number of anilines is 1. The average Bonchev–Trinajstić information content (AvgIpc) is 2.52. The molecule has 0 aliphatic heterocycles. The molecule has 1 amide bonds. The van der Waals surface area contributed by atoms with E-state index in [-0.39, 0.29) is 5.56 Å². The zero-order chi connectivity index (χ0) is 17.0. The highest BCUT2D eigenvalue weighted by Gasteiger charge is 2.20. The van der Waals surface area contributed by atoms with Crippen LogP contribution in [-0.2, 0) is 9.53 Å². The summed E-state index contributed by atoms with van der Waals surface area (Å²) in [7, 11) is 0. The van der Waals surface area contributed by atoms with Gasteiger partial charge in [-0.2, -0.15) is 0 Å². The summed E-state index contributed by atoms with van der Waals surface area (Å²) in [5.74, 6) is -1.81. The number of nitrogens with one attached hydrogen (secondary N) is 1. The van der Waals surface area contributed by atoms with Crippen molar-refractivity contribution in [1.29, 1.82) is 0 Å². The molecule has 0 unspecified atom stereocenters. The number of rotatable bonds is 4. The van der Waals surface area contributed by atoms with Crippen molar-refractivity contribution in [3.05, 3.63) is 64.4 Å². The van der Waals surface area contributed by atoms with E-state index in [9.17, 15) is 14.0 Å². The van der Waals surface area contributed by atoms with Gasteiger partial charge >= 0.3 is 5.97 Å². The maximum absolute atomic E-state index is 13.5. The third-order valence-electron chi connectivity index (χ3n) is 3.19. The van der Waals surface area contributed by atoms with Crippen molar-refractivity contribution >= 4 is 29.2 Å². The topological polar surface area (TPSA) is 55.4 Å². The van der Waals surface area contributed by atoms with E-state index in [1.54, 1.807) is 31.2 Å². The van der Waals surface area contributed by atoms with E-state index in [1.165, 1.54) is 19.1 Å². The highest BCUT2D eigenvalue weighted by molar-refractivity contribution is 6.33. The van der Waals surface area contributed by atoms with Crippen molar-refractivity contribution in [1.82, 2.24) is 0 Å². The molecule has 4 nitrogen and oxygen atoms in total. The quantitative estimate of drug-likeness (QED) is 0.860. The second-order valence-electron chi connectivity index (χ2n) is 4.98. The van der Waals surface area contributed by atoms with Crippen LogP contribution < -0.4 is 5.32 Å². The summed E-state index contributed by atoms with van der Waals surface area (Å²) >= 11 is 5.94. The molecule has 0 saturated carbocycles. The molecule has 0 aromatic heterocycles. The van der Waals surface area contributed by atoms with Gasteiger partial charge in [0.05, 0.1) is 16.3 Å². The molecular weight excluding hydrogens is 321 g/mol. The van der Waals surface area contributed by atoms with Crippen molar-refractivity contribution in [2.24, 2.45) is 0 Å². The number of carbonyl (C=O) groups is 2. The molecule has 0 saturated heterocycles. The lowest BCUT2D eigenvalue weighted by atomic mass is 10.1. The van der Waals surface area contributed by atoms with Crippen LogP contribution in [0.1, 0.15) is 22.8 Å². The zero-order valence-corrected chi connectivity index (χ0v) is 13.4. The van der Waals surface area contributed by atoms with Crippen LogP contribution >= 0.6 is 11.6 Å². The fourth-order valence-electron chi connectivity index (χ4n) is 1.80. The molecule has 6 heteroatoms. The third kappa shape index (κ3) is 4.29. The zero-order valence-electron chi connectivity index (χ0n) is 12.6. The van der Waals surface area contributed by atoms with E-state index < -0.39 is 23.8 Å². The van der Waals surface area contributed by atoms with Gasteiger partial charge in [0.25, 0.3) is 5.91 Å². The number of ether oxygens (including phenoxy) is 1. The Hall–Kier alpha value is -2.40. The molecule has 1 N–H and O–H groups in total. The number of aryl methyl sites for hydroxylation is 1. The minimum Gasteiger partial charge on any atom is -0.449 e. The Morgan fingerprint density at radius 3 is 2.57 bits per heavy atom. The van der Waals surface area contributed by atoms with Crippen molar-refractivity contribution in [2.75, 3.05) is 5.32 Å². The van der Waals surface area contributed by atoms with Gasteiger partial charge in [-0.15, -0.1) is 0 Å². The predicted molar refractivity (Wildman–Crippen MR) is 86.1 cm³/mol. The normalized spacial score (nSPS) is 11.7.